The average Bonchev–Trinajstić information content (AvgIpc) is 2.56. The number of carbonyl (C=O) groups is 1. The maximum absolute atomic E-state index is 13.5. The van der Waals surface area contributed by atoms with E-state index >= 15 is 0 Å². The predicted molar refractivity (Wildman–Crippen MR) is 90.3 cm³/mol. The molecule has 0 unspecified atom stereocenters. The van der Waals surface area contributed by atoms with Crippen LogP contribution in [0.1, 0.15) is 5.56 Å². The van der Waals surface area contributed by atoms with Crippen molar-refractivity contribution < 1.29 is 19.0 Å². The number of hydrazone groups is 1. The number of hydrogen-bond donors (Lipinski definition) is 2. The van der Waals surface area contributed by atoms with Crippen LogP contribution in [-0.4, -0.2) is 23.9 Å². The van der Waals surface area contributed by atoms with Gasteiger partial charge in [-0.1, -0.05) is 24.3 Å². The maximum atomic E-state index is 13.5. The second-order valence-corrected chi connectivity index (χ2v) is 4.91. The number of nitrogens with zero attached hydrogens (tertiary/aromatic N) is 1. The van der Waals surface area contributed by atoms with E-state index in [0.717, 1.165) is 0 Å². The van der Waals surface area contributed by atoms with Crippen LogP contribution in [0.25, 0.3) is 0 Å². The minimum Gasteiger partial charge on any atom is -0.546 e. The van der Waals surface area contributed by atoms with Crippen LogP contribution >= 0.6 is 12.2 Å². The van der Waals surface area contributed by atoms with Crippen LogP contribution in [0.2, 0.25) is 0 Å². The first-order valence-electron chi connectivity index (χ1n) is 6.82. The van der Waals surface area contributed by atoms with E-state index in [0.29, 0.717) is 11.3 Å². The fourth-order valence-electron chi connectivity index (χ4n) is 1.73. The lowest BCUT2D eigenvalue weighted by Crippen LogP contribution is -2.29. The molecule has 0 aliphatic rings. The molecule has 0 amide bonds. The summed E-state index contributed by atoms with van der Waals surface area (Å²) in [5.41, 5.74) is 3.30. The standard InChI is InChI=1S/C16H14FN3O3S/c17-12-6-2-3-7-13(12)19-16(24)20-18-9-11-5-1-4-8-14(11)23-10-15(21)22/h1-9H,10H2,(H,21,22)(H2,19,20,24)/p-1/b18-9-. The van der Waals surface area contributed by atoms with Gasteiger partial charge in [-0.05, 0) is 36.5 Å². The molecule has 0 saturated heterocycles. The van der Waals surface area contributed by atoms with Crippen molar-refractivity contribution >= 4 is 35.2 Å². The molecule has 0 aliphatic heterocycles. The molecule has 2 rings (SSSR count). The van der Waals surface area contributed by atoms with E-state index in [1.165, 1.54) is 18.3 Å². The number of para-hydroxylation sites is 2. The topological polar surface area (TPSA) is 85.8 Å². The Morgan fingerprint density at radius 3 is 2.71 bits per heavy atom. The van der Waals surface area contributed by atoms with Gasteiger partial charge in [0.25, 0.3) is 0 Å². The summed E-state index contributed by atoms with van der Waals surface area (Å²) >= 11 is 5.01. The first kappa shape index (κ1) is 17.4. The summed E-state index contributed by atoms with van der Waals surface area (Å²) in [6.45, 7) is -0.564. The first-order chi connectivity index (χ1) is 11.6. The Labute approximate surface area is 143 Å². The lowest BCUT2D eigenvalue weighted by molar-refractivity contribution is -0.307. The van der Waals surface area contributed by atoms with Crippen molar-refractivity contribution in [3.05, 3.63) is 59.9 Å². The second kappa shape index (κ2) is 8.59. The van der Waals surface area contributed by atoms with Crippen LogP contribution in [0.3, 0.4) is 0 Å². The van der Waals surface area contributed by atoms with E-state index in [1.807, 2.05) is 0 Å². The Bertz CT molecular complexity index is 768. The average molecular weight is 346 g/mol. The Hall–Kier alpha value is -3.00. The molecule has 2 aromatic carbocycles. The van der Waals surface area contributed by atoms with Crippen molar-refractivity contribution in [3.63, 3.8) is 0 Å². The highest BCUT2D eigenvalue weighted by Crippen LogP contribution is 2.15. The highest BCUT2D eigenvalue weighted by molar-refractivity contribution is 7.80. The predicted octanol–water partition coefficient (Wildman–Crippen LogP) is 1.27. The number of aliphatic carboxylic acids is 1. The number of benzene rings is 2. The van der Waals surface area contributed by atoms with Gasteiger partial charge < -0.3 is 20.0 Å². The summed E-state index contributed by atoms with van der Waals surface area (Å²) in [5.74, 6) is -1.43. The van der Waals surface area contributed by atoms with Crippen molar-refractivity contribution in [1.82, 2.24) is 5.43 Å². The number of hydrogen-bond acceptors (Lipinski definition) is 5. The summed E-state index contributed by atoms with van der Waals surface area (Å²) in [6, 6.07) is 12.8. The van der Waals surface area contributed by atoms with Crippen LogP contribution in [0, 0.1) is 5.82 Å². The molecule has 124 valence electrons. The molecule has 24 heavy (non-hydrogen) atoms. The van der Waals surface area contributed by atoms with Gasteiger partial charge >= 0.3 is 0 Å². The molecule has 8 heteroatoms. The van der Waals surface area contributed by atoms with Gasteiger partial charge in [0.2, 0.25) is 0 Å². The number of halogens is 1. The fraction of sp³-hybridized carbons (Fsp3) is 0.0625. The minimum atomic E-state index is -1.32. The molecule has 0 bridgehead atoms. The zero-order valence-corrected chi connectivity index (χ0v) is 13.2. The van der Waals surface area contributed by atoms with Crippen LogP contribution in [0.4, 0.5) is 10.1 Å². The third kappa shape index (κ3) is 5.33. The largest absolute Gasteiger partial charge is 0.546 e. The molecule has 0 radical (unpaired) electrons. The van der Waals surface area contributed by atoms with Gasteiger partial charge in [0.1, 0.15) is 18.2 Å². The quantitative estimate of drug-likeness (QED) is 0.465. The summed E-state index contributed by atoms with van der Waals surface area (Å²) in [4.78, 5) is 10.5. The number of carboxylic acids is 1. The van der Waals surface area contributed by atoms with Gasteiger partial charge in [0.05, 0.1) is 17.9 Å². The third-order valence-electron chi connectivity index (χ3n) is 2.76. The van der Waals surface area contributed by atoms with E-state index in [9.17, 15) is 14.3 Å². The number of ether oxygens (including phenoxy) is 1. The molecule has 2 N–H and O–H groups in total. The van der Waals surface area contributed by atoms with Gasteiger partial charge in [0.15, 0.2) is 5.11 Å². The van der Waals surface area contributed by atoms with Crippen molar-refractivity contribution in [2.75, 3.05) is 11.9 Å². The number of carboxylic acid groups (broad SMARTS) is 1. The Morgan fingerprint density at radius 2 is 1.96 bits per heavy atom. The lowest BCUT2D eigenvalue weighted by Gasteiger charge is -2.09. The molecule has 6 nitrogen and oxygen atoms in total. The van der Waals surface area contributed by atoms with Crippen molar-refractivity contribution in [3.8, 4) is 5.75 Å². The molecule has 2 aromatic rings. The van der Waals surface area contributed by atoms with Gasteiger partial charge in [0, 0.05) is 5.56 Å². The lowest BCUT2D eigenvalue weighted by atomic mass is 10.2. The fourth-order valence-corrected chi connectivity index (χ4v) is 1.89. The molecule has 0 heterocycles. The van der Waals surface area contributed by atoms with Gasteiger partial charge in [-0.2, -0.15) is 5.10 Å². The summed E-state index contributed by atoms with van der Waals surface area (Å²) in [7, 11) is 0. The highest BCUT2D eigenvalue weighted by atomic mass is 32.1. The van der Waals surface area contributed by atoms with E-state index in [2.05, 4.69) is 15.8 Å². The van der Waals surface area contributed by atoms with Crippen LogP contribution < -0.4 is 20.6 Å². The molecule has 0 spiro atoms. The van der Waals surface area contributed by atoms with Crippen LogP contribution in [0.5, 0.6) is 5.75 Å². The van der Waals surface area contributed by atoms with Crippen molar-refractivity contribution in [1.29, 1.82) is 0 Å². The smallest absolute Gasteiger partial charge is 0.191 e. The van der Waals surface area contributed by atoms with Crippen LogP contribution in [-0.2, 0) is 4.79 Å². The zero-order chi connectivity index (χ0) is 17.4. The number of carbonyl (C=O) groups excluding carboxylic acids is 1. The SMILES string of the molecule is O=C([O-])COc1ccccc1/C=N\NC(=S)Nc1ccccc1F. The van der Waals surface area contributed by atoms with E-state index in [1.54, 1.807) is 36.4 Å². The number of nitrogens with one attached hydrogen (secondary N) is 2. The first-order valence-corrected chi connectivity index (χ1v) is 7.23. The Balaban J connectivity index is 1.95. The third-order valence-corrected chi connectivity index (χ3v) is 2.95. The van der Waals surface area contributed by atoms with E-state index in [-0.39, 0.29) is 10.8 Å². The summed E-state index contributed by atoms with van der Waals surface area (Å²) < 4.78 is 18.6. The maximum Gasteiger partial charge on any atom is 0.191 e. The number of rotatable bonds is 6. The molecule has 0 fully saturated rings. The van der Waals surface area contributed by atoms with Gasteiger partial charge in [-0.15, -0.1) is 0 Å². The highest BCUT2D eigenvalue weighted by Gasteiger charge is 2.03. The van der Waals surface area contributed by atoms with E-state index in [4.69, 9.17) is 17.0 Å². The van der Waals surface area contributed by atoms with Gasteiger partial charge in [-0.3, -0.25) is 5.43 Å². The van der Waals surface area contributed by atoms with Crippen LogP contribution in [0.15, 0.2) is 53.6 Å². The number of thiocarbonyl (C=S) groups is 1. The minimum absolute atomic E-state index is 0.101. The van der Waals surface area contributed by atoms with Gasteiger partial charge in [-0.25, -0.2) is 4.39 Å². The Morgan fingerprint density at radius 1 is 1.25 bits per heavy atom. The summed E-state index contributed by atoms with van der Waals surface area (Å²) in [6.07, 6.45) is 1.40. The summed E-state index contributed by atoms with van der Waals surface area (Å²) in [5, 5.41) is 17.1. The number of anilines is 1. The van der Waals surface area contributed by atoms with Crippen molar-refractivity contribution in [2.45, 2.75) is 0 Å². The molecule has 0 aromatic heterocycles. The monoisotopic (exact) mass is 346 g/mol. The van der Waals surface area contributed by atoms with Crippen molar-refractivity contribution in [2.24, 2.45) is 5.10 Å². The molecule has 0 atom stereocenters. The molecule has 0 aliphatic carbocycles. The second-order valence-electron chi connectivity index (χ2n) is 4.50. The normalized spacial score (nSPS) is 10.4. The molecule has 0 saturated carbocycles. The molecular formula is C16H13FN3O3S-. The molecular weight excluding hydrogens is 333 g/mol. The Kier molecular flexibility index (Phi) is 6.21. The van der Waals surface area contributed by atoms with E-state index < -0.39 is 18.4 Å². The zero-order valence-electron chi connectivity index (χ0n) is 12.4.